The van der Waals surface area contributed by atoms with Crippen LogP contribution in [0.3, 0.4) is 0 Å². The van der Waals surface area contributed by atoms with Crippen molar-refractivity contribution in [3.8, 4) is 17.4 Å². The summed E-state index contributed by atoms with van der Waals surface area (Å²) in [6.07, 6.45) is 1.64. The van der Waals surface area contributed by atoms with Gasteiger partial charge < -0.3 is 9.47 Å². The van der Waals surface area contributed by atoms with Crippen molar-refractivity contribution >= 4 is 27.5 Å². The summed E-state index contributed by atoms with van der Waals surface area (Å²) in [7, 11) is 0. The molecule has 0 fully saturated rings. The van der Waals surface area contributed by atoms with E-state index in [4.69, 9.17) is 21.1 Å². The molecule has 0 aliphatic rings. The van der Waals surface area contributed by atoms with E-state index in [1.807, 2.05) is 13.0 Å². The molecule has 1 aromatic heterocycles. The summed E-state index contributed by atoms with van der Waals surface area (Å²) in [6.45, 7) is 2.46. The number of hydrogen-bond donors (Lipinski definition) is 0. The molecule has 0 amide bonds. The minimum atomic E-state index is 0.402. The first-order valence-electron chi connectivity index (χ1n) is 5.41. The molecule has 0 aliphatic carbocycles. The zero-order valence-corrected chi connectivity index (χ0v) is 12.0. The monoisotopic (exact) mass is 327 g/mol. The highest BCUT2D eigenvalue weighted by atomic mass is 79.9. The lowest BCUT2D eigenvalue weighted by molar-refractivity contribution is 0.316. The van der Waals surface area contributed by atoms with Crippen LogP contribution >= 0.6 is 27.5 Å². The van der Waals surface area contributed by atoms with E-state index in [1.54, 1.807) is 30.5 Å². The fourth-order valence-electron chi connectivity index (χ4n) is 1.38. The minimum absolute atomic E-state index is 0.402. The van der Waals surface area contributed by atoms with Crippen molar-refractivity contribution < 1.29 is 9.47 Å². The van der Waals surface area contributed by atoms with E-state index in [2.05, 4.69) is 20.9 Å². The Morgan fingerprint density at radius 3 is 2.89 bits per heavy atom. The first-order chi connectivity index (χ1) is 8.70. The fraction of sp³-hybridized carbons (Fsp3) is 0.154. The van der Waals surface area contributed by atoms with Crippen molar-refractivity contribution in [1.29, 1.82) is 0 Å². The van der Waals surface area contributed by atoms with Crippen LogP contribution in [0.2, 0.25) is 5.02 Å². The third-order valence-corrected chi connectivity index (χ3v) is 2.94. The Balaban J connectivity index is 2.30. The molecule has 18 heavy (non-hydrogen) atoms. The Morgan fingerprint density at radius 1 is 1.28 bits per heavy atom. The number of nitrogens with zero attached hydrogens (tertiary/aromatic N) is 1. The summed E-state index contributed by atoms with van der Waals surface area (Å²) in [5.41, 5.74) is 0. The summed E-state index contributed by atoms with van der Waals surface area (Å²) in [6, 6.07) is 8.98. The van der Waals surface area contributed by atoms with Crippen molar-refractivity contribution in [3.05, 3.63) is 46.0 Å². The number of ether oxygens (including phenoxy) is 2. The molecule has 0 unspecified atom stereocenters. The van der Waals surface area contributed by atoms with E-state index in [9.17, 15) is 0 Å². The molecule has 0 N–H and O–H groups in total. The van der Waals surface area contributed by atoms with Crippen molar-refractivity contribution in [3.63, 3.8) is 0 Å². The quantitative estimate of drug-likeness (QED) is 0.816. The lowest BCUT2D eigenvalue weighted by Gasteiger charge is -2.11. The van der Waals surface area contributed by atoms with Gasteiger partial charge in [0, 0.05) is 10.7 Å². The number of rotatable bonds is 4. The van der Waals surface area contributed by atoms with E-state index < -0.39 is 0 Å². The number of benzene rings is 1. The summed E-state index contributed by atoms with van der Waals surface area (Å²) >= 11 is 9.43. The van der Waals surface area contributed by atoms with Crippen molar-refractivity contribution in [2.75, 3.05) is 6.61 Å². The Bertz CT molecular complexity index is 548. The zero-order chi connectivity index (χ0) is 13.0. The molecule has 0 aliphatic heterocycles. The number of hydrogen-bond acceptors (Lipinski definition) is 3. The van der Waals surface area contributed by atoms with Crippen LogP contribution in [0.25, 0.3) is 0 Å². The van der Waals surface area contributed by atoms with Crippen LogP contribution in [-0.2, 0) is 0 Å². The van der Waals surface area contributed by atoms with Crippen molar-refractivity contribution in [2.24, 2.45) is 0 Å². The van der Waals surface area contributed by atoms with E-state index in [0.717, 1.165) is 4.47 Å². The summed E-state index contributed by atoms with van der Waals surface area (Å²) < 4.78 is 12.0. The lowest BCUT2D eigenvalue weighted by Crippen LogP contribution is -1.96. The molecule has 0 atom stereocenters. The summed E-state index contributed by atoms with van der Waals surface area (Å²) in [5, 5.41) is 0.520. The van der Waals surface area contributed by atoms with Gasteiger partial charge >= 0.3 is 0 Å². The second-order valence-corrected chi connectivity index (χ2v) is 4.74. The third-order valence-electron chi connectivity index (χ3n) is 2.14. The van der Waals surface area contributed by atoms with Crippen LogP contribution in [0.15, 0.2) is 41.0 Å². The first-order valence-corrected chi connectivity index (χ1v) is 6.58. The molecule has 0 saturated carbocycles. The van der Waals surface area contributed by atoms with Crippen LogP contribution < -0.4 is 9.47 Å². The van der Waals surface area contributed by atoms with Crippen LogP contribution in [0.1, 0.15) is 6.92 Å². The molecule has 1 aromatic carbocycles. The minimum Gasteiger partial charge on any atom is -0.488 e. The van der Waals surface area contributed by atoms with Crippen LogP contribution in [0.5, 0.6) is 17.4 Å². The molecular formula is C13H11BrClNO2. The molecule has 2 aromatic rings. The van der Waals surface area contributed by atoms with Gasteiger partial charge in [-0.05, 0) is 37.3 Å². The van der Waals surface area contributed by atoms with Gasteiger partial charge in [0.2, 0.25) is 0 Å². The maximum Gasteiger partial charge on any atom is 0.262 e. The zero-order valence-electron chi connectivity index (χ0n) is 9.69. The van der Waals surface area contributed by atoms with E-state index in [1.165, 1.54) is 0 Å². The highest BCUT2D eigenvalue weighted by molar-refractivity contribution is 9.10. The van der Waals surface area contributed by atoms with Gasteiger partial charge in [-0.15, -0.1) is 0 Å². The SMILES string of the molecule is CCOc1cccnc1Oc1cc(Br)ccc1Cl. The van der Waals surface area contributed by atoms with Gasteiger partial charge in [0.1, 0.15) is 5.75 Å². The molecule has 0 bridgehead atoms. The second-order valence-electron chi connectivity index (χ2n) is 3.42. The molecule has 1 heterocycles. The number of aromatic nitrogens is 1. The first kappa shape index (κ1) is 13.2. The van der Waals surface area contributed by atoms with Crippen LogP contribution in [0.4, 0.5) is 0 Å². The van der Waals surface area contributed by atoms with Crippen molar-refractivity contribution in [1.82, 2.24) is 4.98 Å². The smallest absolute Gasteiger partial charge is 0.262 e. The predicted octanol–water partition coefficient (Wildman–Crippen LogP) is 4.69. The van der Waals surface area contributed by atoms with Gasteiger partial charge in [-0.1, -0.05) is 27.5 Å². The molecule has 3 nitrogen and oxygen atoms in total. The van der Waals surface area contributed by atoms with E-state index in [0.29, 0.717) is 29.0 Å². The average Bonchev–Trinajstić information content (AvgIpc) is 2.36. The summed E-state index contributed by atoms with van der Waals surface area (Å²) in [4.78, 5) is 4.14. The molecule has 0 radical (unpaired) electrons. The topological polar surface area (TPSA) is 31.4 Å². The van der Waals surface area contributed by atoms with Gasteiger partial charge in [-0.2, -0.15) is 0 Å². The van der Waals surface area contributed by atoms with Gasteiger partial charge in [0.15, 0.2) is 5.75 Å². The maximum absolute atomic E-state index is 6.06. The fourth-order valence-corrected chi connectivity index (χ4v) is 1.87. The Kier molecular flexibility index (Phi) is 4.44. The van der Waals surface area contributed by atoms with Gasteiger partial charge in [0.05, 0.1) is 11.6 Å². The lowest BCUT2D eigenvalue weighted by atomic mass is 10.3. The predicted molar refractivity (Wildman–Crippen MR) is 74.6 cm³/mol. The number of pyridine rings is 1. The molecule has 94 valence electrons. The molecular weight excluding hydrogens is 318 g/mol. The van der Waals surface area contributed by atoms with Crippen LogP contribution in [-0.4, -0.2) is 11.6 Å². The Labute approximate surface area is 119 Å². The Morgan fingerprint density at radius 2 is 2.11 bits per heavy atom. The summed E-state index contributed by atoms with van der Waals surface area (Å²) in [5.74, 6) is 1.53. The molecule has 0 spiro atoms. The van der Waals surface area contributed by atoms with Crippen LogP contribution in [0, 0.1) is 0 Å². The Hall–Kier alpha value is -1.26. The molecule has 5 heteroatoms. The normalized spacial score (nSPS) is 10.2. The van der Waals surface area contributed by atoms with Crippen molar-refractivity contribution in [2.45, 2.75) is 6.92 Å². The van der Waals surface area contributed by atoms with E-state index in [-0.39, 0.29) is 0 Å². The van der Waals surface area contributed by atoms with E-state index >= 15 is 0 Å². The van der Waals surface area contributed by atoms with Gasteiger partial charge in [0.25, 0.3) is 5.88 Å². The van der Waals surface area contributed by atoms with Gasteiger partial charge in [-0.3, -0.25) is 0 Å². The molecule has 0 saturated heterocycles. The second kappa shape index (κ2) is 6.07. The standard InChI is InChI=1S/C13H11BrClNO2/c1-2-17-11-4-3-7-16-13(11)18-12-8-9(14)5-6-10(12)15/h3-8H,2H2,1H3. The maximum atomic E-state index is 6.06. The molecule has 2 rings (SSSR count). The third kappa shape index (κ3) is 3.15. The average molecular weight is 329 g/mol. The van der Waals surface area contributed by atoms with Gasteiger partial charge in [-0.25, -0.2) is 4.98 Å². The largest absolute Gasteiger partial charge is 0.488 e. The highest BCUT2D eigenvalue weighted by Crippen LogP contribution is 2.34. The number of halogens is 2. The highest BCUT2D eigenvalue weighted by Gasteiger charge is 2.09.